The Morgan fingerprint density at radius 2 is 1.57 bits per heavy atom. The predicted octanol–water partition coefficient (Wildman–Crippen LogP) is -5.92. The Labute approximate surface area is 188 Å². The topological polar surface area (TPSA) is 160 Å². The molecule has 0 heterocycles. The molecule has 0 aromatic heterocycles. The molecule has 0 rings (SSSR count). The van der Waals surface area contributed by atoms with Gasteiger partial charge in [-0.25, -0.2) is 5.43 Å². The molecule has 11 heteroatoms. The number of nitrogens with two attached hydrogens (primary N) is 1. The van der Waals surface area contributed by atoms with Gasteiger partial charge in [0.25, 0.3) is 0 Å². The molecule has 172 valence electrons. The summed E-state index contributed by atoms with van der Waals surface area (Å²) in [7, 11) is 0. The number of carbonyl (C=O) groups excluding carboxylic acids is 2. The van der Waals surface area contributed by atoms with Gasteiger partial charge in [0.05, 0.1) is 0 Å². The van der Waals surface area contributed by atoms with Crippen molar-refractivity contribution in [1.29, 1.82) is 0 Å². The molecule has 0 spiro atoms. The number of rotatable bonds is 14. The van der Waals surface area contributed by atoms with Gasteiger partial charge in [-0.2, -0.15) is 0 Å². The van der Waals surface area contributed by atoms with Crippen LogP contribution in [0.2, 0.25) is 0 Å². The monoisotopic (exact) mass is 466 g/mol. The lowest BCUT2D eigenvalue weighted by molar-refractivity contribution is -0.668. The first-order valence-corrected chi connectivity index (χ1v) is 8.64. The third-order valence-electron chi connectivity index (χ3n) is 3.52. The van der Waals surface area contributed by atoms with E-state index < -0.39 is 0 Å². The third kappa shape index (κ3) is 25.2. The molecule has 0 aliphatic carbocycles. The van der Waals surface area contributed by atoms with E-state index in [1.165, 1.54) is 19.3 Å². The van der Waals surface area contributed by atoms with Crippen molar-refractivity contribution in [3.8, 4) is 0 Å². The molecule has 8 nitrogen and oxygen atoms in total. The fourth-order valence-electron chi connectivity index (χ4n) is 2.02. The number of hydrogen-bond donors (Lipinski definition) is 4. The Hall–Kier alpha value is -0.770. The molecule has 0 fully saturated rings. The molecular weight excluding hydrogens is 427 g/mol. The minimum Gasteiger partial charge on any atom is -1.00 e. The van der Waals surface area contributed by atoms with Gasteiger partial charge in [-0.05, 0) is 20.3 Å². The molecule has 0 saturated carbocycles. The van der Waals surface area contributed by atoms with Gasteiger partial charge in [-0.1, -0.05) is 45.6 Å². The maximum Gasteiger partial charge on any atom is 0.246 e. The number of quaternary nitrogens is 3. The molecule has 11 N–H and O–H groups in total. The van der Waals surface area contributed by atoms with Gasteiger partial charge in [-0.15, -0.1) is 5.11 Å². The fraction of sp³-hybridized carbons (Fsp3) is 0.765. The maximum absolute atomic E-state index is 11.5. The van der Waals surface area contributed by atoms with Gasteiger partial charge < -0.3 is 54.8 Å². The number of ketones is 1. The van der Waals surface area contributed by atoms with Crippen LogP contribution in [-0.2, 0) is 9.59 Å². The molecule has 0 bridgehead atoms. The molecule has 28 heavy (non-hydrogen) atoms. The zero-order chi connectivity index (χ0) is 17.5. The minimum absolute atomic E-state index is 0. The second kappa shape index (κ2) is 28.4. The molecule has 0 aromatic carbocycles. The van der Waals surface area contributed by atoms with Crippen LogP contribution in [0.3, 0.4) is 0 Å². The van der Waals surface area contributed by atoms with Crippen LogP contribution in [0.15, 0.2) is 22.5 Å². The second-order valence-corrected chi connectivity index (χ2v) is 5.92. The number of halogens is 3. The largest absolute Gasteiger partial charge is 1.00 e. The number of amides is 1. The van der Waals surface area contributed by atoms with Gasteiger partial charge >= 0.3 is 0 Å². The van der Waals surface area contributed by atoms with Crippen molar-refractivity contribution in [2.24, 2.45) is 10.3 Å². The highest BCUT2D eigenvalue weighted by molar-refractivity contribution is 5.91. The fourth-order valence-corrected chi connectivity index (χ4v) is 2.02. The van der Waals surface area contributed by atoms with Crippen LogP contribution in [0.4, 0.5) is 0 Å². The minimum atomic E-state index is -0.309. The SMILES string of the molecule is C=C(C)C(=O)NCCC[NH2+]N=NC(CCCCCCC)C(C)=O.[Cl-].[Cl-].[Cl-].[NH4+].[NH4+]. The first kappa shape index (κ1) is 41.6. The number of hydrogen-bond acceptors (Lipinski definition) is 4. The lowest BCUT2D eigenvalue weighted by Crippen LogP contribution is -3.00. The van der Waals surface area contributed by atoms with Crippen molar-refractivity contribution in [2.75, 3.05) is 13.1 Å². The molecule has 1 amide bonds. The first-order valence-electron chi connectivity index (χ1n) is 8.64. The van der Waals surface area contributed by atoms with Crippen LogP contribution in [-0.4, -0.2) is 30.8 Å². The summed E-state index contributed by atoms with van der Waals surface area (Å²) in [5, 5.41) is 10.9. The van der Waals surface area contributed by atoms with E-state index in [2.05, 4.69) is 29.2 Å². The van der Waals surface area contributed by atoms with E-state index in [1.54, 1.807) is 19.3 Å². The lowest BCUT2D eigenvalue weighted by atomic mass is 10.0. The average molecular weight is 468 g/mol. The van der Waals surface area contributed by atoms with Crippen LogP contribution < -0.4 is 60.3 Å². The van der Waals surface area contributed by atoms with Crippen molar-refractivity contribution in [1.82, 2.24) is 17.6 Å². The molecule has 0 saturated heterocycles. The number of unbranched alkanes of at least 4 members (excludes halogenated alkanes) is 4. The lowest BCUT2D eigenvalue weighted by Gasteiger charge is -2.06. The van der Waals surface area contributed by atoms with Gasteiger partial charge in [-0.3, -0.25) is 9.59 Å². The maximum atomic E-state index is 11.5. The molecule has 0 aromatic rings. The van der Waals surface area contributed by atoms with Gasteiger partial charge in [0.1, 0.15) is 12.6 Å². The van der Waals surface area contributed by atoms with Crippen molar-refractivity contribution in [3.05, 3.63) is 12.2 Å². The standard InChI is InChI=1S/C17H32N4O2.3ClH.2H3N/c1-5-6-7-8-9-11-16(15(4)22)20-21-19-13-10-12-18-17(23)14(2)3;;;;;/h16H,2,5-13H2,1,3-4H3,(H,18,23)(H,19,20);3*1H;2*1H3. The number of carbonyl (C=O) groups is 2. The highest BCUT2D eigenvalue weighted by atomic mass is 35.5. The molecule has 1 unspecified atom stereocenters. The number of nitrogens with zero attached hydrogens (tertiary/aromatic N) is 2. The van der Waals surface area contributed by atoms with Crippen LogP contribution in [0.1, 0.15) is 65.7 Å². The van der Waals surface area contributed by atoms with Crippen molar-refractivity contribution in [3.63, 3.8) is 0 Å². The summed E-state index contributed by atoms with van der Waals surface area (Å²) in [6.07, 6.45) is 7.44. The summed E-state index contributed by atoms with van der Waals surface area (Å²) in [5.74, 6) is -0.0438. The normalized spacial score (nSPS) is 10.1. The predicted molar refractivity (Wildman–Crippen MR) is 104 cm³/mol. The number of Topliss-reactive ketones (excluding diaryl/α,β-unsaturated/α-hetero) is 1. The summed E-state index contributed by atoms with van der Waals surface area (Å²) >= 11 is 0. The van der Waals surface area contributed by atoms with Gasteiger partial charge in [0.15, 0.2) is 5.78 Å². The molecule has 0 aliphatic heterocycles. The average Bonchev–Trinajstić information content (AvgIpc) is 2.50. The zero-order valence-corrected chi connectivity index (χ0v) is 20.3. The van der Waals surface area contributed by atoms with Crippen LogP contribution in [0.5, 0.6) is 0 Å². The van der Waals surface area contributed by atoms with E-state index in [0.717, 1.165) is 32.2 Å². The van der Waals surface area contributed by atoms with E-state index in [1.807, 2.05) is 0 Å². The quantitative estimate of drug-likeness (QED) is 0.0658. The molecule has 0 aliphatic rings. The smallest absolute Gasteiger partial charge is 0.246 e. The Morgan fingerprint density at radius 3 is 2.07 bits per heavy atom. The van der Waals surface area contributed by atoms with E-state index in [9.17, 15) is 9.59 Å². The van der Waals surface area contributed by atoms with E-state index in [4.69, 9.17) is 0 Å². The highest BCUT2D eigenvalue weighted by Gasteiger charge is 2.13. The Balaban J connectivity index is -0.000000242. The van der Waals surface area contributed by atoms with Gasteiger partial charge in [0.2, 0.25) is 5.91 Å². The molecule has 1 atom stereocenters. The van der Waals surface area contributed by atoms with E-state index >= 15 is 0 Å². The summed E-state index contributed by atoms with van der Waals surface area (Å²) in [5.41, 5.74) is 2.22. The Bertz CT molecular complexity index is 412. The van der Waals surface area contributed by atoms with Crippen molar-refractivity contribution >= 4 is 11.7 Å². The summed E-state index contributed by atoms with van der Waals surface area (Å²) in [4.78, 5) is 22.8. The molecular formula is C17H41Cl3N6O2. The highest BCUT2D eigenvalue weighted by Crippen LogP contribution is 2.10. The first-order chi connectivity index (χ1) is 11.0. The Morgan fingerprint density at radius 1 is 1.00 bits per heavy atom. The van der Waals surface area contributed by atoms with Crippen LogP contribution >= 0.6 is 0 Å². The van der Waals surface area contributed by atoms with E-state index in [-0.39, 0.29) is 67.3 Å². The second-order valence-electron chi connectivity index (χ2n) is 5.92. The molecule has 0 radical (unpaired) electrons. The van der Waals surface area contributed by atoms with E-state index in [0.29, 0.717) is 12.1 Å². The van der Waals surface area contributed by atoms with Gasteiger partial charge in [0, 0.05) is 23.8 Å². The number of nitrogens with one attached hydrogen (secondary N) is 1. The summed E-state index contributed by atoms with van der Waals surface area (Å²) in [6.45, 7) is 10.3. The third-order valence-corrected chi connectivity index (χ3v) is 3.52. The van der Waals surface area contributed by atoms with Crippen molar-refractivity contribution in [2.45, 2.75) is 71.8 Å². The summed E-state index contributed by atoms with van der Waals surface area (Å²) in [6, 6.07) is -0.309. The summed E-state index contributed by atoms with van der Waals surface area (Å²) < 4.78 is 0. The van der Waals surface area contributed by atoms with Crippen LogP contribution in [0.25, 0.3) is 0 Å². The van der Waals surface area contributed by atoms with Crippen LogP contribution in [0, 0.1) is 0 Å². The zero-order valence-electron chi connectivity index (χ0n) is 18.1. The Kier molecular flexibility index (Phi) is 42.2. The van der Waals surface area contributed by atoms with Crippen molar-refractivity contribution < 1.29 is 52.2 Å².